The molecule has 1 unspecified atom stereocenters. The highest BCUT2D eigenvalue weighted by atomic mass is 32.2. The summed E-state index contributed by atoms with van der Waals surface area (Å²) >= 11 is 3.34. The second-order valence-electron chi connectivity index (χ2n) is 4.03. The number of carbonyl (C=O) groups excluding carboxylic acids is 1. The van der Waals surface area contributed by atoms with Crippen molar-refractivity contribution in [3.63, 3.8) is 0 Å². The highest BCUT2D eigenvalue weighted by Gasteiger charge is 2.18. The molecule has 1 aromatic rings. The zero-order valence-electron chi connectivity index (χ0n) is 9.68. The number of thiazole rings is 1. The summed E-state index contributed by atoms with van der Waals surface area (Å²) in [5.41, 5.74) is 3.05. The molecule has 2 heterocycles. The fourth-order valence-corrected chi connectivity index (χ4v) is 3.60. The number of thioether (sulfide) groups is 1. The van der Waals surface area contributed by atoms with Gasteiger partial charge in [0.05, 0.1) is 5.69 Å². The van der Waals surface area contributed by atoms with Crippen LogP contribution in [-0.4, -0.2) is 39.9 Å². The van der Waals surface area contributed by atoms with Crippen LogP contribution in [0.4, 0.5) is 0 Å². The summed E-state index contributed by atoms with van der Waals surface area (Å²) in [4.78, 5) is 17.9. The zero-order chi connectivity index (χ0) is 12.3. The molecule has 1 aliphatic heterocycles. The largest absolute Gasteiger partial charge is 0.296 e. The molecule has 0 aromatic carbocycles. The summed E-state index contributed by atoms with van der Waals surface area (Å²) in [5, 5.41) is 3.04. The molecule has 0 aliphatic carbocycles. The molecule has 0 spiro atoms. The van der Waals surface area contributed by atoms with Gasteiger partial charge in [-0.25, -0.2) is 10.8 Å². The first-order chi connectivity index (χ1) is 8.19. The Hall–Kier alpha value is -0.630. The summed E-state index contributed by atoms with van der Waals surface area (Å²) in [6, 6.07) is 0. The minimum atomic E-state index is -0.316. The van der Waals surface area contributed by atoms with Gasteiger partial charge in [0.25, 0.3) is 5.91 Å². The van der Waals surface area contributed by atoms with Crippen molar-refractivity contribution in [2.75, 3.05) is 18.8 Å². The normalized spacial score (nSPS) is 21.4. The molecule has 1 fully saturated rings. The number of nitrogens with one attached hydrogen (secondary N) is 1. The van der Waals surface area contributed by atoms with Crippen LogP contribution < -0.4 is 11.3 Å². The van der Waals surface area contributed by atoms with E-state index in [0.717, 1.165) is 25.3 Å². The molecular formula is C10H16N4OS2. The number of nitrogens with zero attached hydrogens (tertiary/aromatic N) is 2. The van der Waals surface area contributed by atoms with Crippen molar-refractivity contribution in [3.05, 3.63) is 16.1 Å². The molecule has 0 saturated carbocycles. The van der Waals surface area contributed by atoms with Crippen LogP contribution in [0.25, 0.3) is 0 Å². The van der Waals surface area contributed by atoms with Crippen molar-refractivity contribution in [3.8, 4) is 0 Å². The summed E-state index contributed by atoms with van der Waals surface area (Å²) < 4.78 is 0. The average Bonchev–Trinajstić information content (AvgIpc) is 2.76. The van der Waals surface area contributed by atoms with E-state index in [1.807, 2.05) is 17.1 Å². The summed E-state index contributed by atoms with van der Waals surface area (Å²) in [5.74, 6) is 5.92. The minimum absolute atomic E-state index is 0.316. The Kier molecular flexibility index (Phi) is 4.38. The molecule has 1 aliphatic rings. The maximum absolute atomic E-state index is 11.3. The lowest BCUT2D eigenvalue weighted by atomic mass is 10.3. The van der Waals surface area contributed by atoms with E-state index >= 15 is 0 Å². The van der Waals surface area contributed by atoms with Crippen LogP contribution in [0, 0.1) is 0 Å². The van der Waals surface area contributed by atoms with Crippen LogP contribution >= 0.6 is 23.1 Å². The van der Waals surface area contributed by atoms with E-state index in [1.165, 1.54) is 17.1 Å². The Labute approximate surface area is 109 Å². The van der Waals surface area contributed by atoms with E-state index in [0.29, 0.717) is 10.3 Å². The second-order valence-corrected chi connectivity index (χ2v) is 6.44. The van der Waals surface area contributed by atoms with E-state index in [9.17, 15) is 4.79 Å². The Morgan fingerprint density at radius 2 is 2.59 bits per heavy atom. The van der Waals surface area contributed by atoms with Gasteiger partial charge in [0.1, 0.15) is 0 Å². The maximum Gasteiger partial charge on any atom is 0.294 e. The number of amides is 1. The van der Waals surface area contributed by atoms with Gasteiger partial charge in [-0.3, -0.25) is 15.1 Å². The third-order valence-electron chi connectivity index (χ3n) is 2.59. The SMILES string of the molecule is CC1CN(Cc2csc(C(=O)NN)n2)CCS1. The number of aromatic nitrogens is 1. The van der Waals surface area contributed by atoms with Crippen LogP contribution in [0.5, 0.6) is 0 Å². The number of hydrogen-bond donors (Lipinski definition) is 2. The lowest BCUT2D eigenvalue weighted by Crippen LogP contribution is -2.36. The minimum Gasteiger partial charge on any atom is -0.296 e. The predicted molar refractivity (Wildman–Crippen MR) is 71.0 cm³/mol. The molecule has 1 aromatic heterocycles. The highest BCUT2D eigenvalue weighted by molar-refractivity contribution is 7.99. The average molecular weight is 272 g/mol. The summed E-state index contributed by atoms with van der Waals surface area (Å²) in [6.07, 6.45) is 0. The Morgan fingerprint density at radius 1 is 1.76 bits per heavy atom. The number of nitrogen functional groups attached to an aromatic ring is 1. The van der Waals surface area contributed by atoms with E-state index in [1.54, 1.807) is 0 Å². The first-order valence-electron chi connectivity index (χ1n) is 5.48. The van der Waals surface area contributed by atoms with Crippen molar-refractivity contribution in [1.29, 1.82) is 0 Å². The molecule has 1 atom stereocenters. The van der Waals surface area contributed by atoms with Crippen molar-refractivity contribution < 1.29 is 4.79 Å². The van der Waals surface area contributed by atoms with Crippen LogP contribution in [0.2, 0.25) is 0 Å². The Balaban J connectivity index is 1.94. The standard InChI is InChI=1S/C10H16N4OS2/c1-7-4-14(2-3-16-7)5-8-6-17-10(12-8)9(15)13-11/h6-7H,2-5,11H2,1H3,(H,13,15). The van der Waals surface area contributed by atoms with Crippen molar-refractivity contribution in [2.24, 2.45) is 5.84 Å². The predicted octanol–water partition coefficient (Wildman–Crippen LogP) is 0.684. The highest BCUT2D eigenvalue weighted by Crippen LogP contribution is 2.20. The molecule has 17 heavy (non-hydrogen) atoms. The zero-order valence-corrected chi connectivity index (χ0v) is 11.3. The summed E-state index contributed by atoms with van der Waals surface area (Å²) in [6.45, 7) is 5.23. The molecule has 0 radical (unpaired) electrons. The van der Waals surface area contributed by atoms with E-state index in [4.69, 9.17) is 5.84 Å². The van der Waals surface area contributed by atoms with Gasteiger partial charge in [-0.1, -0.05) is 6.92 Å². The molecule has 5 nitrogen and oxygen atoms in total. The quantitative estimate of drug-likeness (QED) is 0.481. The Morgan fingerprint density at radius 3 is 3.29 bits per heavy atom. The second kappa shape index (κ2) is 5.81. The topological polar surface area (TPSA) is 71.2 Å². The summed E-state index contributed by atoms with van der Waals surface area (Å²) in [7, 11) is 0. The van der Waals surface area contributed by atoms with E-state index in [2.05, 4.69) is 22.2 Å². The van der Waals surface area contributed by atoms with E-state index in [-0.39, 0.29) is 5.91 Å². The van der Waals surface area contributed by atoms with Gasteiger partial charge in [0.2, 0.25) is 0 Å². The number of rotatable bonds is 3. The number of hydrogen-bond acceptors (Lipinski definition) is 6. The molecular weight excluding hydrogens is 256 g/mol. The number of nitrogens with two attached hydrogens (primary N) is 1. The molecule has 2 rings (SSSR count). The van der Waals surface area contributed by atoms with Gasteiger partial charge in [-0.2, -0.15) is 11.8 Å². The lowest BCUT2D eigenvalue weighted by Gasteiger charge is -2.29. The van der Waals surface area contributed by atoms with Crippen LogP contribution in [0.1, 0.15) is 22.4 Å². The molecule has 94 valence electrons. The lowest BCUT2D eigenvalue weighted by molar-refractivity contribution is 0.0953. The first-order valence-corrected chi connectivity index (χ1v) is 7.41. The van der Waals surface area contributed by atoms with Gasteiger partial charge in [0.15, 0.2) is 5.01 Å². The molecule has 3 N–H and O–H groups in total. The van der Waals surface area contributed by atoms with Crippen molar-refractivity contribution >= 4 is 29.0 Å². The fourth-order valence-electron chi connectivity index (χ4n) is 1.81. The molecule has 1 amide bonds. The van der Waals surface area contributed by atoms with Crippen LogP contribution in [0.15, 0.2) is 5.38 Å². The third kappa shape index (κ3) is 3.41. The van der Waals surface area contributed by atoms with Crippen molar-refractivity contribution in [2.45, 2.75) is 18.7 Å². The van der Waals surface area contributed by atoms with Crippen LogP contribution in [-0.2, 0) is 6.54 Å². The van der Waals surface area contributed by atoms with Gasteiger partial charge < -0.3 is 0 Å². The van der Waals surface area contributed by atoms with Gasteiger partial charge in [0, 0.05) is 36.0 Å². The van der Waals surface area contributed by atoms with Gasteiger partial charge in [-0.05, 0) is 0 Å². The molecule has 7 heteroatoms. The van der Waals surface area contributed by atoms with E-state index < -0.39 is 0 Å². The third-order valence-corrected chi connectivity index (χ3v) is 4.61. The first kappa shape index (κ1) is 12.8. The van der Waals surface area contributed by atoms with Gasteiger partial charge in [-0.15, -0.1) is 11.3 Å². The van der Waals surface area contributed by atoms with Gasteiger partial charge >= 0.3 is 0 Å². The smallest absolute Gasteiger partial charge is 0.294 e. The van der Waals surface area contributed by atoms with Crippen molar-refractivity contribution in [1.82, 2.24) is 15.3 Å². The molecule has 0 bridgehead atoms. The molecule has 1 saturated heterocycles. The monoisotopic (exact) mass is 272 g/mol. The maximum atomic E-state index is 11.3. The fraction of sp³-hybridized carbons (Fsp3) is 0.600. The number of hydrazine groups is 1. The number of carbonyl (C=O) groups is 1. The Bertz CT molecular complexity index is 395. The van der Waals surface area contributed by atoms with Crippen LogP contribution in [0.3, 0.4) is 0 Å².